The van der Waals surface area contributed by atoms with Gasteiger partial charge in [0, 0.05) is 6.54 Å². The number of anilines is 1. The standard InChI is InChI=1S/C18H18Cl2N2O2/c1-18(2,16(23)21-11-12-7-4-3-5-8-12)17(24)22-15-13(19)9-6-10-14(15)20/h3-10H,11H2,1-2H3,(H,21,23)(H,22,24). The monoisotopic (exact) mass is 364 g/mol. The van der Waals surface area contributed by atoms with Crippen LogP contribution in [0.2, 0.25) is 10.0 Å². The van der Waals surface area contributed by atoms with E-state index in [1.54, 1.807) is 32.0 Å². The Labute approximate surface area is 151 Å². The Hall–Kier alpha value is -2.04. The first-order chi connectivity index (χ1) is 11.3. The molecular formula is C18H18Cl2N2O2. The molecule has 0 bridgehead atoms. The molecule has 2 amide bonds. The van der Waals surface area contributed by atoms with Crippen molar-refractivity contribution in [2.24, 2.45) is 5.41 Å². The molecule has 6 heteroatoms. The summed E-state index contributed by atoms with van der Waals surface area (Å²) >= 11 is 12.1. The second-order valence-electron chi connectivity index (χ2n) is 5.84. The molecule has 0 spiro atoms. The van der Waals surface area contributed by atoms with E-state index in [4.69, 9.17) is 23.2 Å². The molecule has 0 aliphatic carbocycles. The summed E-state index contributed by atoms with van der Waals surface area (Å²) in [5.74, 6) is -0.866. The Balaban J connectivity index is 2.05. The fourth-order valence-corrected chi connectivity index (χ4v) is 2.48. The van der Waals surface area contributed by atoms with Gasteiger partial charge in [0.25, 0.3) is 0 Å². The Kier molecular flexibility index (Phi) is 5.86. The highest BCUT2D eigenvalue weighted by Gasteiger charge is 2.36. The minimum atomic E-state index is -1.28. The van der Waals surface area contributed by atoms with E-state index in [9.17, 15) is 9.59 Å². The van der Waals surface area contributed by atoms with Crippen LogP contribution < -0.4 is 10.6 Å². The number of hydrogen-bond acceptors (Lipinski definition) is 2. The minimum Gasteiger partial charge on any atom is -0.351 e. The van der Waals surface area contributed by atoms with Crippen LogP contribution in [0.4, 0.5) is 5.69 Å². The van der Waals surface area contributed by atoms with Crippen molar-refractivity contribution >= 4 is 40.7 Å². The molecule has 0 atom stereocenters. The first-order valence-electron chi connectivity index (χ1n) is 7.40. The van der Waals surface area contributed by atoms with Gasteiger partial charge in [-0.2, -0.15) is 0 Å². The van der Waals surface area contributed by atoms with Crippen LogP contribution in [-0.4, -0.2) is 11.8 Å². The Bertz CT molecular complexity index is 726. The highest BCUT2D eigenvalue weighted by atomic mass is 35.5. The maximum atomic E-state index is 12.5. The molecule has 0 aromatic heterocycles. The van der Waals surface area contributed by atoms with E-state index in [0.717, 1.165) is 5.56 Å². The van der Waals surface area contributed by atoms with Crippen LogP contribution in [0.15, 0.2) is 48.5 Å². The quantitative estimate of drug-likeness (QED) is 0.778. The second kappa shape index (κ2) is 7.69. The van der Waals surface area contributed by atoms with Crippen LogP contribution >= 0.6 is 23.2 Å². The molecule has 0 heterocycles. The lowest BCUT2D eigenvalue weighted by molar-refractivity contribution is -0.138. The smallest absolute Gasteiger partial charge is 0.239 e. The summed E-state index contributed by atoms with van der Waals surface area (Å²) in [4.78, 5) is 24.9. The SMILES string of the molecule is CC(C)(C(=O)NCc1ccccc1)C(=O)Nc1c(Cl)cccc1Cl. The number of carbonyl (C=O) groups is 2. The van der Waals surface area contributed by atoms with Gasteiger partial charge in [0.05, 0.1) is 15.7 Å². The molecule has 0 fully saturated rings. The van der Waals surface area contributed by atoms with Crippen LogP contribution in [-0.2, 0) is 16.1 Å². The third kappa shape index (κ3) is 4.28. The molecule has 2 rings (SSSR count). The summed E-state index contributed by atoms with van der Waals surface area (Å²) in [6, 6.07) is 14.4. The van der Waals surface area contributed by atoms with Crippen molar-refractivity contribution in [1.29, 1.82) is 0 Å². The zero-order valence-electron chi connectivity index (χ0n) is 13.4. The Morgan fingerprint density at radius 3 is 2.08 bits per heavy atom. The predicted molar refractivity (Wildman–Crippen MR) is 97.2 cm³/mol. The van der Waals surface area contributed by atoms with Gasteiger partial charge in [-0.1, -0.05) is 59.6 Å². The van der Waals surface area contributed by atoms with E-state index in [1.165, 1.54) is 0 Å². The van der Waals surface area contributed by atoms with E-state index in [0.29, 0.717) is 22.3 Å². The highest BCUT2D eigenvalue weighted by molar-refractivity contribution is 6.40. The third-order valence-electron chi connectivity index (χ3n) is 3.63. The van der Waals surface area contributed by atoms with Gasteiger partial charge in [-0.05, 0) is 31.5 Å². The number of hydrogen-bond donors (Lipinski definition) is 2. The summed E-state index contributed by atoms with van der Waals surface area (Å²) < 4.78 is 0. The maximum absolute atomic E-state index is 12.5. The number of halogens is 2. The van der Waals surface area contributed by atoms with Crippen LogP contribution in [0, 0.1) is 5.41 Å². The first kappa shape index (κ1) is 18.3. The third-order valence-corrected chi connectivity index (χ3v) is 4.26. The van der Waals surface area contributed by atoms with Gasteiger partial charge in [-0.15, -0.1) is 0 Å². The number of benzene rings is 2. The van der Waals surface area contributed by atoms with Crippen molar-refractivity contribution in [3.8, 4) is 0 Å². The normalized spacial score (nSPS) is 11.0. The maximum Gasteiger partial charge on any atom is 0.239 e. The van der Waals surface area contributed by atoms with Gasteiger partial charge in [0.1, 0.15) is 5.41 Å². The average Bonchev–Trinajstić information content (AvgIpc) is 2.56. The topological polar surface area (TPSA) is 58.2 Å². The van der Waals surface area contributed by atoms with Gasteiger partial charge < -0.3 is 10.6 Å². The molecule has 2 aromatic carbocycles. The van der Waals surface area contributed by atoms with Crippen LogP contribution in [0.1, 0.15) is 19.4 Å². The Morgan fingerprint density at radius 1 is 0.917 bits per heavy atom. The van der Waals surface area contributed by atoms with E-state index in [1.807, 2.05) is 30.3 Å². The number of para-hydroxylation sites is 1. The van der Waals surface area contributed by atoms with Crippen molar-refractivity contribution in [3.05, 3.63) is 64.1 Å². The zero-order valence-corrected chi connectivity index (χ0v) is 14.9. The van der Waals surface area contributed by atoms with E-state index in [2.05, 4.69) is 10.6 Å². The molecule has 0 saturated heterocycles. The molecule has 24 heavy (non-hydrogen) atoms. The van der Waals surface area contributed by atoms with E-state index >= 15 is 0 Å². The summed E-state index contributed by atoms with van der Waals surface area (Å²) in [5, 5.41) is 6.04. The van der Waals surface area contributed by atoms with Gasteiger partial charge >= 0.3 is 0 Å². The van der Waals surface area contributed by atoms with Gasteiger partial charge in [-0.25, -0.2) is 0 Å². The summed E-state index contributed by atoms with van der Waals surface area (Å²) in [6.45, 7) is 3.45. The lowest BCUT2D eigenvalue weighted by atomic mass is 9.90. The van der Waals surface area contributed by atoms with Crippen LogP contribution in [0.5, 0.6) is 0 Å². The van der Waals surface area contributed by atoms with Gasteiger partial charge in [0.2, 0.25) is 11.8 Å². The molecule has 2 N–H and O–H groups in total. The van der Waals surface area contributed by atoms with E-state index < -0.39 is 11.3 Å². The second-order valence-corrected chi connectivity index (χ2v) is 6.66. The fourth-order valence-electron chi connectivity index (χ4n) is 1.99. The molecule has 126 valence electrons. The lowest BCUT2D eigenvalue weighted by Crippen LogP contribution is -2.44. The highest BCUT2D eigenvalue weighted by Crippen LogP contribution is 2.31. The van der Waals surface area contributed by atoms with Crippen molar-refractivity contribution < 1.29 is 9.59 Å². The Morgan fingerprint density at radius 2 is 1.50 bits per heavy atom. The molecule has 2 aromatic rings. The summed E-state index contributed by atoms with van der Waals surface area (Å²) in [6.07, 6.45) is 0. The van der Waals surface area contributed by atoms with Gasteiger partial charge in [-0.3, -0.25) is 9.59 Å². The first-order valence-corrected chi connectivity index (χ1v) is 8.15. The number of carbonyl (C=O) groups excluding carboxylic acids is 2. The zero-order chi connectivity index (χ0) is 17.7. The lowest BCUT2D eigenvalue weighted by Gasteiger charge is -2.23. The average molecular weight is 365 g/mol. The molecule has 0 aliphatic heterocycles. The van der Waals surface area contributed by atoms with Crippen LogP contribution in [0.25, 0.3) is 0 Å². The summed E-state index contributed by atoms with van der Waals surface area (Å²) in [5.41, 5.74) is -0.0249. The summed E-state index contributed by atoms with van der Waals surface area (Å²) in [7, 11) is 0. The van der Waals surface area contributed by atoms with Crippen molar-refractivity contribution in [1.82, 2.24) is 5.32 Å². The van der Waals surface area contributed by atoms with Gasteiger partial charge in [0.15, 0.2) is 0 Å². The molecule has 0 aliphatic rings. The number of nitrogens with one attached hydrogen (secondary N) is 2. The molecule has 0 saturated carbocycles. The van der Waals surface area contributed by atoms with Crippen molar-refractivity contribution in [2.45, 2.75) is 20.4 Å². The predicted octanol–water partition coefficient (Wildman–Crippen LogP) is 4.27. The molecule has 0 radical (unpaired) electrons. The molecule has 4 nitrogen and oxygen atoms in total. The fraction of sp³-hybridized carbons (Fsp3) is 0.222. The van der Waals surface area contributed by atoms with E-state index in [-0.39, 0.29) is 5.91 Å². The van der Waals surface area contributed by atoms with Crippen molar-refractivity contribution in [2.75, 3.05) is 5.32 Å². The van der Waals surface area contributed by atoms with Crippen LogP contribution in [0.3, 0.4) is 0 Å². The largest absolute Gasteiger partial charge is 0.351 e. The number of amides is 2. The molecular weight excluding hydrogens is 347 g/mol. The van der Waals surface area contributed by atoms with Crippen molar-refractivity contribution in [3.63, 3.8) is 0 Å². The molecule has 0 unspecified atom stereocenters. The number of rotatable bonds is 5. The minimum absolute atomic E-state index is 0.301.